The highest BCUT2D eigenvalue weighted by atomic mass is 16.6. The zero-order chi connectivity index (χ0) is 18.1. The van der Waals surface area contributed by atoms with E-state index in [1.165, 1.54) is 12.0 Å². The number of nitrogens with zero attached hydrogens (tertiary/aromatic N) is 2. The maximum Gasteiger partial charge on any atom is 0.357 e. The molecular formula is C19H20N2O4. The second-order valence-electron chi connectivity index (χ2n) is 5.15. The normalized spacial score (nSPS) is 11.4. The van der Waals surface area contributed by atoms with Gasteiger partial charge in [0.2, 0.25) is 0 Å². The third-order valence-electron chi connectivity index (χ3n) is 3.49. The van der Waals surface area contributed by atoms with Crippen molar-refractivity contribution in [1.82, 2.24) is 0 Å². The Bertz CT molecular complexity index is 757. The highest BCUT2D eigenvalue weighted by Gasteiger charge is 2.16. The molecule has 6 nitrogen and oxygen atoms in total. The standard InChI is InChI=1S/C19H20N2O4/c1-21(18(13-22)19(23)24-2)17-10-6-9-16(11-17)12-20-25-14-15-7-4-3-5-8-15/h3-13,22H,14H2,1-2H3. The quantitative estimate of drug-likeness (QED) is 0.275. The molecule has 0 aliphatic rings. The maximum absolute atomic E-state index is 11.6. The van der Waals surface area contributed by atoms with Crippen LogP contribution in [0.2, 0.25) is 0 Å². The molecule has 0 saturated heterocycles. The first kappa shape index (κ1) is 18.1. The van der Waals surface area contributed by atoms with Crippen molar-refractivity contribution in [2.45, 2.75) is 6.61 Å². The van der Waals surface area contributed by atoms with Crippen molar-refractivity contribution in [3.8, 4) is 0 Å². The minimum Gasteiger partial charge on any atom is -0.513 e. The zero-order valence-electron chi connectivity index (χ0n) is 14.1. The molecule has 0 radical (unpaired) electrons. The Balaban J connectivity index is 2.03. The van der Waals surface area contributed by atoms with E-state index in [1.807, 2.05) is 48.5 Å². The summed E-state index contributed by atoms with van der Waals surface area (Å²) in [5, 5.41) is 13.2. The lowest BCUT2D eigenvalue weighted by Gasteiger charge is -2.20. The summed E-state index contributed by atoms with van der Waals surface area (Å²) in [5.74, 6) is -0.629. The van der Waals surface area contributed by atoms with Crippen molar-refractivity contribution >= 4 is 17.9 Å². The summed E-state index contributed by atoms with van der Waals surface area (Å²) < 4.78 is 4.64. The van der Waals surface area contributed by atoms with E-state index in [9.17, 15) is 9.90 Å². The molecule has 1 N–H and O–H groups in total. The molecule has 0 unspecified atom stereocenters. The Labute approximate surface area is 146 Å². The molecule has 0 amide bonds. The van der Waals surface area contributed by atoms with Gasteiger partial charge in [0.15, 0.2) is 5.70 Å². The number of aliphatic hydroxyl groups excluding tert-OH is 1. The lowest BCUT2D eigenvalue weighted by Crippen LogP contribution is -2.24. The van der Waals surface area contributed by atoms with Gasteiger partial charge in [0.05, 0.1) is 13.3 Å². The van der Waals surface area contributed by atoms with Crippen LogP contribution >= 0.6 is 0 Å². The monoisotopic (exact) mass is 340 g/mol. The van der Waals surface area contributed by atoms with Gasteiger partial charge in [-0.2, -0.15) is 0 Å². The number of rotatable bonds is 7. The molecule has 0 aliphatic carbocycles. The molecule has 6 heteroatoms. The van der Waals surface area contributed by atoms with Gasteiger partial charge < -0.3 is 19.6 Å². The van der Waals surface area contributed by atoms with E-state index in [0.717, 1.165) is 17.4 Å². The number of hydrogen-bond acceptors (Lipinski definition) is 6. The Hall–Kier alpha value is -3.28. The highest BCUT2D eigenvalue weighted by molar-refractivity contribution is 5.92. The number of aliphatic hydroxyl groups is 1. The molecule has 25 heavy (non-hydrogen) atoms. The number of hydrogen-bond donors (Lipinski definition) is 1. The van der Waals surface area contributed by atoms with Gasteiger partial charge in [-0.15, -0.1) is 0 Å². The van der Waals surface area contributed by atoms with Gasteiger partial charge in [-0.3, -0.25) is 0 Å². The van der Waals surface area contributed by atoms with E-state index < -0.39 is 5.97 Å². The predicted octanol–water partition coefficient (Wildman–Crippen LogP) is 3.25. The van der Waals surface area contributed by atoms with Crippen LogP contribution in [0.4, 0.5) is 5.69 Å². The van der Waals surface area contributed by atoms with Crippen molar-refractivity contribution in [1.29, 1.82) is 0 Å². The largest absolute Gasteiger partial charge is 0.513 e. The van der Waals surface area contributed by atoms with Crippen LogP contribution in [0.15, 0.2) is 71.7 Å². The average molecular weight is 340 g/mol. The first-order valence-electron chi connectivity index (χ1n) is 7.61. The van der Waals surface area contributed by atoms with Crippen LogP contribution in [0.3, 0.4) is 0 Å². The first-order valence-corrected chi connectivity index (χ1v) is 7.61. The number of carbonyl (C=O) groups excluding carboxylic acids is 1. The fraction of sp³-hybridized carbons (Fsp3) is 0.158. The number of ether oxygens (including phenoxy) is 1. The van der Waals surface area contributed by atoms with E-state index >= 15 is 0 Å². The molecule has 0 saturated carbocycles. The predicted molar refractivity (Wildman–Crippen MR) is 96.4 cm³/mol. The molecule has 2 aromatic rings. The van der Waals surface area contributed by atoms with Crippen LogP contribution in [0.25, 0.3) is 0 Å². The van der Waals surface area contributed by atoms with Crippen molar-refractivity contribution in [3.05, 3.63) is 77.7 Å². The molecule has 0 bridgehead atoms. The SMILES string of the molecule is COC(=O)C(=CO)N(C)c1cccc(C=NOCc2ccccc2)c1. The van der Waals surface area contributed by atoms with E-state index in [1.54, 1.807) is 19.3 Å². The Kier molecular flexibility index (Phi) is 6.59. The fourth-order valence-electron chi connectivity index (χ4n) is 2.12. The Morgan fingerprint density at radius 2 is 1.96 bits per heavy atom. The molecule has 2 rings (SSSR count). The van der Waals surface area contributed by atoms with Crippen LogP contribution in [0.5, 0.6) is 0 Å². The van der Waals surface area contributed by atoms with Gasteiger partial charge in [0, 0.05) is 12.7 Å². The Morgan fingerprint density at radius 1 is 1.20 bits per heavy atom. The van der Waals surface area contributed by atoms with Crippen molar-refractivity contribution in [2.75, 3.05) is 19.1 Å². The van der Waals surface area contributed by atoms with E-state index in [-0.39, 0.29) is 5.70 Å². The molecule has 0 aromatic heterocycles. The molecule has 0 heterocycles. The summed E-state index contributed by atoms with van der Waals surface area (Å²) in [5.41, 5.74) is 2.54. The fourth-order valence-corrected chi connectivity index (χ4v) is 2.12. The van der Waals surface area contributed by atoms with E-state index in [4.69, 9.17) is 4.84 Å². The third-order valence-corrected chi connectivity index (χ3v) is 3.49. The molecule has 2 aromatic carbocycles. The average Bonchev–Trinajstić information content (AvgIpc) is 2.66. The number of carbonyl (C=O) groups is 1. The van der Waals surface area contributed by atoms with Crippen LogP contribution in [0.1, 0.15) is 11.1 Å². The summed E-state index contributed by atoms with van der Waals surface area (Å²) in [7, 11) is 2.91. The van der Waals surface area contributed by atoms with Crippen LogP contribution in [-0.2, 0) is 21.0 Å². The molecule has 0 atom stereocenters. The topological polar surface area (TPSA) is 71.4 Å². The van der Waals surface area contributed by atoms with Gasteiger partial charge in [0.25, 0.3) is 0 Å². The minimum atomic E-state index is -0.629. The second kappa shape index (κ2) is 9.12. The third kappa shape index (κ3) is 5.10. The number of oxime groups is 1. The number of anilines is 1. The Morgan fingerprint density at radius 3 is 2.64 bits per heavy atom. The van der Waals surface area contributed by atoms with Gasteiger partial charge in [-0.25, -0.2) is 4.79 Å². The lowest BCUT2D eigenvalue weighted by atomic mass is 10.2. The maximum atomic E-state index is 11.6. The highest BCUT2D eigenvalue weighted by Crippen LogP contribution is 2.19. The molecule has 130 valence electrons. The number of likely N-dealkylation sites (N-methyl/N-ethyl adjacent to an activating group) is 1. The molecule has 0 fully saturated rings. The van der Waals surface area contributed by atoms with Crippen LogP contribution in [-0.4, -0.2) is 31.4 Å². The second-order valence-corrected chi connectivity index (χ2v) is 5.15. The van der Waals surface area contributed by atoms with Crippen molar-refractivity contribution < 1.29 is 19.5 Å². The number of esters is 1. The van der Waals surface area contributed by atoms with E-state index in [2.05, 4.69) is 9.89 Å². The minimum absolute atomic E-state index is 0.0249. The van der Waals surface area contributed by atoms with Crippen molar-refractivity contribution in [2.24, 2.45) is 5.16 Å². The van der Waals surface area contributed by atoms with Gasteiger partial charge in [0.1, 0.15) is 12.9 Å². The van der Waals surface area contributed by atoms with Gasteiger partial charge in [-0.1, -0.05) is 47.6 Å². The summed E-state index contributed by atoms with van der Waals surface area (Å²) in [6, 6.07) is 17.0. The van der Waals surface area contributed by atoms with Crippen LogP contribution in [0, 0.1) is 0 Å². The van der Waals surface area contributed by atoms with Gasteiger partial charge >= 0.3 is 5.97 Å². The lowest BCUT2D eigenvalue weighted by molar-refractivity contribution is -0.136. The van der Waals surface area contributed by atoms with E-state index in [0.29, 0.717) is 12.3 Å². The van der Waals surface area contributed by atoms with Gasteiger partial charge in [-0.05, 0) is 23.3 Å². The summed E-state index contributed by atoms with van der Waals surface area (Å²) in [6.45, 7) is 0.386. The smallest absolute Gasteiger partial charge is 0.357 e. The first-order chi connectivity index (χ1) is 12.2. The van der Waals surface area contributed by atoms with Crippen LogP contribution < -0.4 is 4.90 Å². The number of methoxy groups -OCH3 is 1. The molecule has 0 aliphatic heterocycles. The zero-order valence-corrected chi connectivity index (χ0v) is 14.1. The summed E-state index contributed by atoms with van der Waals surface area (Å²) in [6.07, 6.45) is 2.30. The molecular weight excluding hydrogens is 320 g/mol. The summed E-state index contributed by atoms with van der Waals surface area (Å²) >= 11 is 0. The number of benzene rings is 2. The molecule has 0 spiro atoms. The van der Waals surface area contributed by atoms with Crippen molar-refractivity contribution in [3.63, 3.8) is 0 Å². The summed E-state index contributed by atoms with van der Waals surface area (Å²) in [4.78, 5) is 18.5.